The predicted molar refractivity (Wildman–Crippen MR) is 63.1 cm³/mol. The highest BCUT2D eigenvalue weighted by molar-refractivity contribution is 4.83. The topological polar surface area (TPSA) is 63.0 Å². The van der Waals surface area contributed by atoms with E-state index in [2.05, 4.69) is 29.2 Å². The van der Waals surface area contributed by atoms with Crippen molar-refractivity contribution in [3.63, 3.8) is 0 Å². The Hall–Kier alpha value is -0.940. The van der Waals surface area contributed by atoms with E-state index in [9.17, 15) is 5.11 Å². The fraction of sp³-hybridized carbons (Fsp3) is 0.818. The van der Waals surface area contributed by atoms with E-state index < -0.39 is 0 Å². The molecule has 1 aromatic rings. The summed E-state index contributed by atoms with van der Waals surface area (Å²) in [6.45, 7) is 6.07. The quantitative estimate of drug-likeness (QED) is 0.659. The molecule has 92 valence electrons. The number of nitrogens with one attached hydrogen (secondary N) is 1. The number of nitrogens with zero attached hydrogens (tertiary/aromatic N) is 3. The normalized spacial score (nSPS) is 15.0. The summed E-state index contributed by atoms with van der Waals surface area (Å²) in [7, 11) is 1.86. The molecule has 0 aliphatic carbocycles. The summed E-state index contributed by atoms with van der Waals surface area (Å²) in [6.07, 6.45) is 3.50. The van der Waals surface area contributed by atoms with Crippen molar-refractivity contribution in [3.8, 4) is 0 Å². The summed E-state index contributed by atoms with van der Waals surface area (Å²) >= 11 is 0. The molecule has 0 bridgehead atoms. The van der Waals surface area contributed by atoms with Crippen LogP contribution in [0.2, 0.25) is 0 Å². The fourth-order valence-electron chi connectivity index (χ4n) is 1.38. The van der Waals surface area contributed by atoms with E-state index in [-0.39, 0.29) is 12.0 Å². The lowest BCUT2D eigenvalue weighted by atomic mass is 9.89. The number of aryl methyl sites for hydroxylation is 1. The first-order chi connectivity index (χ1) is 7.59. The van der Waals surface area contributed by atoms with Crippen molar-refractivity contribution in [2.45, 2.75) is 26.7 Å². The molecule has 1 unspecified atom stereocenters. The van der Waals surface area contributed by atoms with E-state index in [0.29, 0.717) is 0 Å². The average molecular weight is 226 g/mol. The molecule has 1 heterocycles. The number of aliphatic hydroxyl groups excluding tert-OH is 1. The summed E-state index contributed by atoms with van der Waals surface area (Å²) in [5.74, 6) is 0.859. The van der Waals surface area contributed by atoms with Gasteiger partial charge in [-0.2, -0.15) is 5.10 Å². The molecule has 0 radical (unpaired) electrons. The lowest BCUT2D eigenvalue weighted by Gasteiger charge is -2.25. The molecule has 0 aromatic carbocycles. The highest BCUT2D eigenvalue weighted by Crippen LogP contribution is 2.18. The Morgan fingerprint density at radius 2 is 2.31 bits per heavy atom. The van der Waals surface area contributed by atoms with Crippen molar-refractivity contribution in [3.05, 3.63) is 12.2 Å². The highest BCUT2D eigenvalue weighted by atomic mass is 16.3. The number of hydrogen-bond acceptors (Lipinski definition) is 4. The first-order valence-electron chi connectivity index (χ1n) is 5.76. The minimum absolute atomic E-state index is 0.0163. The minimum atomic E-state index is -0.0163. The lowest BCUT2D eigenvalue weighted by Crippen LogP contribution is -2.35. The van der Waals surface area contributed by atoms with Gasteiger partial charge in [-0.1, -0.05) is 13.8 Å². The van der Waals surface area contributed by atoms with Gasteiger partial charge in [-0.05, 0) is 6.42 Å². The van der Waals surface area contributed by atoms with Crippen LogP contribution in [0.25, 0.3) is 0 Å². The molecule has 5 heteroatoms. The summed E-state index contributed by atoms with van der Waals surface area (Å²) < 4.78 is 1.71. The molecule has 0 amide bonds. The third kappa shape index (κ3) is 3.90. The van der Waals surface area contributed by atoms with Gasteiger partial charge in [-0.3, -0.25) is 4.68 Å². The Balaban J connectivity index is 2.21. The second-order valence-electron chi connectivity index (χ2n) is 4.58. The highest BCUT2D eigenvalue weighted by Gasteiger charge is 2.19. The second kappa shape index (κ2) is 5.96. The van der Waals surface area contributed by atoms with Crippen molar-refractivity contribution >= 4 is 0 Å². The van der Waals surface area contributed by atoms with Crippen LogP contribution in [0, 0.1) is 5.41 Å². The molecule has 1 atom stereocenters. The molecule has 16 heavy (non-hydrogen) atoms. The van der Waals surface area contributed by atoms with Crippen molar-refractivity contribution < 1.29 is 5.11 Å². The fourth-order valence-corrected chi connectivity index (χ4v) is 1.38. The maximum Gasteiger partial charge on any atom is 0.151 e. The Bertz CT molecular complexity index is 307. The molecule has 0 spiro atoms. The molecule has 1 rings (SSSR count). The largest absolute Gasteiger partial charge is 0.396 e. The Kier molecular flexibility index (Phi) is 4.89. The molecule has 5 nitrogen and oxygen atoms in total. The van der Waals surface area contributed by atoms with Gasteiger partial charge in [0.05, 0.1) is 0 Å². The molecule has 0 fully saturated rings. The van der Waals surface area contributed by atoms with Crippen molar-refractivity contribution in [2.24, 2.45) is 12.5 Å². The summed E-state index contributed by atoms with van der Waals surface area (Å²) in [4.78, 5) is 4.15. The number of hydrogen-bond donors (Lipinski definition) is 2. The van der Waals surface area contributed by atoms with Gasteiger partial charge in [0.25, 0.3) is 0 Å². The smallest absolute Gasteiger partial charge is 0.151 e. The molecular formula is C11H22N4O. The molecule has 2 N–H and O–H groups in total. The van der Waals surface area contributed by atoms with Crippen LogP contribution in [0.1, 0.15) is 26.1 Å². The first-order valence-corrected chi connectivity index (χ1v) is 5.76. The van der Waals surface area contributed by atoms with Crippen molar-refractivity contribution in [2.75, 3.05) is 19.7 Å². The van der Waals surface area contributed by atoms with Crippen LogP contribution >= 0.6 is 0 Å². The molecule has 1 aromatic heterocycles. The lowest BCUT2D eigenvalue weighted by molar-refractivity contribution is 0.136. The van der Waals surface area contributed by atoms with Crippen molar-refractivity contribution in [1.82, 2.24) is 20.1 Å². The van der Waals surface area contributed by atoms with Crippen LogP contribution in [0.5, 0.6) is 0 Å². The third-order valence-corrected chi connectivity index (χ3v) is 2.96. The average Bonchev–Trinajstić information content (AvgIpc) is 2.70. The van der Waals surface area contributed by atoms with Gasteiger partial charge in [-0.25, -0.2) is 4.98 Å². The summed E-state index contributed by atoms with van der Waals surface area (Å²) in [5.41, 5.74) is -0.0163. The van der Waals surface area contributed by atoms with Gasteiger partial charge < -0.3 is 10.4 Å². The maximum atomic E-state index is 9.24. The summed E-state index contributed by atoms with van der Waals surface area (Å²) in [5, 5.41) is 16.8. The van der Waals surface area contributed by atoms with Crippen LogP contribution in [0.4, 0.5) is 0 Å². The van der Waals surface area contributed by atoms with Crippen molar-refractivity contribution in [1.29, 1.82) is 0 Å². The van der Waals surface area contributed by atoms with E-state index in [1.54, 1.807) is 11.0 Å². The standard InChI is InChI=1S/C11H22N4O/c1-4-11(2,8-16)7-12-6-5-10-13-9-15(3)14-10/h9,12,16H,4-8H2,1-3H3. The number of aliphatic hydroxyl groups is 1. The van der Waals surface area contributed by atoms with Crippen LogP contribution in [-0.4, -0.2) is 39.6 Å². The number of aromatic nitrogens is 3. The van der Waals surface area contributed by atoms with Gasteiger partial charge >= 0.3 is 0 Å². The van der Waals surface area contributed by atoms with Gasteiger partial charge in [0.15, 0.2) is 5.82 Å². The second-order valence-corrected chi connectivity index (χ2v) is 4.58. The van der Waals surface area contributed by atoms with Gasteiger partial charge in [0.2, 0.25) is 0 Å². The summed E-state index contributed by atoms with van der Waals surface area (Å²) in [6, 6.07) is 0. The van der Waals surface area contributed by atoms with Crippen LogP contribution < -0.4 is 5.32 Å². The SMILES string of the molecule is CCC(C)(CO)CNCCc1ncn(C)n1. The Morgan fingerprint density at radius 1 is 1.56 bits per heavy atom. The zero-order valence-electron chi connectivity index (χ0n) is 10.4. The van der Waals surface area contributed by atoms with Gasteiger partial charge in [0, 0.05) is 38.6 Å². The Labute approximate surface area is 96.9 Å². The molecule has 0 saturated carbocycles. The van der Waals surface area contributed by atoms with E-state index in [4.69, 9.17) is 0 Å². The van der Waals surface area contributed by atoms with E-state index in [1.807, 2.05) is 7.05 Å². The monoisotopic (exact) mass is 226 g/mol. The molecule has 0 aliphatic heterocycles. The van der Waals surface area contributed by atoms with E-state index >= 15 is 0 Å². The van der Waals surface area contributed by atoms with Crippen LogP contribution in [0.3, 0.4) is 0 Å². The van der Waals surface area contributed by atoms with E-state index in [0.717, 1.165) is 31.8 Å². The van der Waals surface area contributed by atoms with Gasteiger partial charge in [-0.15, -0.1) is 0 Å². The molecule has 0 aliphatic rings. The van der Waals surface area contributed by atoms with Crippen LogP contribution in [0.15, 0.2) is 6.33 Å². The van der Waals surface area contributed by atoms with Gasteiger partial charge in [0.1, 0.15) is 6.33 Å². The zero-order valence-corrected chi connectivity index (χ0v) is 10.4. The number of rotatable bonds is 7. The van der Waals surface area contributed by atoms with E-state index in [1.165, 1.54) is 0 Å². The zero-order chi connectivity index (χ0) is 12.0. The third-order valence-electron chi connectivity index (χ3n) is 2.96. The predicted octanol–water partition coefficient (Wildman–Crippen LogP) is 0.356. The first kappa shape index (κ1) is 13.1. The molecular weight excluding hydrogens is 204 g/mol. The maximum absolute atomic E-state index is 9.24. The minimum Gasteiger partial charge on any atom is -0.396 e. The Morgan fingerprint density at radius 3 is 2.81 bits per heavy atom. The molecule has 0 saturated heterocycles. The van der Waals surface area contributed by atoms with Crippen LogP contribution in [-0.2, 0) is 13.5 Å².